The summed E-state index contributed by atoms with van der Waals surface area (Å²) in [6.07, 6.45) is 0. The fraction of sp³-hybridized carbons (Fsp3) is 0.350. The molecule has 3 rings (SSSR count). The Hall–Kier alpha value is -1.71. The highest BCUT2D eigenvalue weighted by atomic mass is 35.5. The van der Waals surface area contributed by atoms with Gasteiger partial charge in [0.05, 0.1) is 11.4 Å². The van der Waals surface area contributed by atoms with Crippen LogP contribution >= 0.6 is 23.2 Å². The van der Waals surface area contributed by atoms with E-state index in [4.69, 9.17) is 23.2 Å². The van der Waals surface area contributed by atoms with E-state index in [9.17, 15) is 17.6 Å². The number of piperazine rings is 1. The van der Waals surface area contributed by atoms with E-state index < -0.39 is 10.0 Å². The van der Waals surface area contributed by atoms with Crippen molar-refractivity contribution in [3.63, 3.8) is 0 Å². The minimum Gasteiger partial charge on any atom is -0.339 e. The van der Waals surface area contributed by atoms with E-state index in [1.165, 1.54) is 37.4 Å². The van der Waals surface area contributed by atoms with E-state index in [0.717, 1.165) is 4.31 Å². The number of sulfonamides is 1. The van der Waals surface area contributed by atoms with E-state index in [1.807, 2.05) is 4.90 Å². The van der Waals surface area contributed by atoms with Crippen molar-refractivity contribution in [2.75, 3.05) is 39.8 Å². The Morgan fingerprint density at radius 3 is 2.30 bits per heavy atom. The summed E-state index contributed by atoms with van der Waals surface area (Å²) in [5.41, 5.74) is 0.438. The highest BCUT2D eigenvalue weighted by Gasteiger charge is 2.27. The van der Waals surface area contributed by atoms with Crippen LogP contribution in [0.25, 0.3) is 0 Å². The third-order valence-corrected chi connectivity index (χ3v) is 7.47. The molecular formula is C20H22Cl2FN3O3S. The van der Waals surface area contributed by atoms with Gasteiger partial charge in [-0.1, -0.05) is 29.3 Å². The molecule has 0 radical (unpaired) electrons. The van der Waals surface area contributed by atoms with Crippen molar-refractivity contribution in [1.29, 1.82) is 0 Å². The van der Waals surface area contributed by atoms with E-state index in [0.29, 0.717) is 48.3 Å². The summed E-state index contributed by atoms with van der Waals surface area (Å²) >= 11 is 11.9. The molecule has 1 amide bonds. The molecule has 0 aromatic heterocycles. The van der Waals surface area contributed by atoms with Crippen molar-refractivity contribution in [3.05, 3.63) is 63.9 Å². The number of hydrogen-bond donors (Lipinski definition) is 0. The second-order valence-electron chi connectivity index (χ2n) is 7.07. The minimum absolute atomic E-state index is 0.0776. The lowest BCUT2D eigenvalue weighted by atomic mass is 10.2. The molecule has 0 spiro atoms. The second kappa shape index (κ2) is 9.62. The average molecular weight is 474 g/mol. The summed E-state index contributed by atoms with van der Waals surface area (Å²) in [6, 6.07) is 10.4. The molecule has 1 heterocycles. The fourth-order valence-electron chi connectivity index (χ4n) is 3.22. The molecule has 0 saturated carbocycles. The van der Waals surface area contributed by atoms with Gasteiger partial charge in [-0.2, -0.15) is 4.31 Å². The molecule has 2 aromatic rings. The number of rotatable bonds is 6. The summed E-state index contributed by atoms with van der Waals surface area (Å²) in [5.74, 6) is -0.631. The van der Waals surface area contributed by atoms with Gasteiger partial charge in [-0.05, 0) is 36.4 Å². The molecule has 0 unspecified atom stereocenters. The number of carbonyl (C=O) groups excluding carboxylic acids is 1. The molecule has 1 saturated heterocycles. The van der Waals surface area contributed by atoms with Crippen LogP contribution in [0.1, 0.15) is 5.56 Å². The lowest BCUT2D eigenvalue weighted by Gasteiger charge is -2.35. The van der Waals surface area contributed by atoms with Crippen molar-refractivity contribution >= 4 is 39.1 Å². The predicted octanol–water partition coefficient (Wildman–Crippen LogP) is 3.10. The van der Waals surface area contributed by atoms with Crippen LogP contribution in [0, 0.1) is 5.82 Å². The zero-order valence-corrected chi connectivity index (χ0v) is 18.7. The van der Waals surface area contributed by atoms with Crippen LogP contribution in [0.2, 0.25) is 10.0 Å². The number of likely N-dealkylation sites (N-methyl/N-ethyl adjacent to an activating group) is 1. The molecule has 30 heavy (non-hydrogen) atoms. The first kappa shape index (κ1) is 23.0. The highest BCUT2D eigenvalue weighted by Crippen LogP contribution is 2.22. The first-order valence-electron chi connectivity index (χ1n) is 9.33. The third-order valence-electron chi connectivity index (χ3n) is 5.05. The molecule has 0 N–H and O–H groups in total. The Bertz CT molecular complexity index is 990. The summed E-state index contributed by atoms with van der Waals surface area (Å²) in [7, 11) is -2.42. The molecule has 2 aromatic carbocycles. The van der Waals surface area contributed by atoms with Crippen LogP contribution in [0.5, 0.6) is 0 Å². The van der Waals surface area contributed by atoms with Gasteiger partial charge in [0, 0.05) is 55.4 Å². The summed E-state index contributed by atoms with van der Waals surface area (Å²) in [6.45, 7) is 2.05. The zero-order chi connectivity index (χ0) is 21.9. The van der Waals surface area contributed by atoms with Gasteiger partial charge in [-0.15, -0.1) is 0 Å². The first-order valence-corrected chi connectivity index (χ1v) is 11.5. The Morgan fingerprint density at radius 1 is 1.07 bits per heavy atom. The van der Waals surface area contributed by atoms with Crippen molar-refractivity contribution in [3.8, 4) is 0 Å². The lowest BCUT2D eigenvalue weighted by Crippen LogP contribution is -2.51. The van der Waals surface area contributed by atoms with Gasteiger partial charge >= 0.3 is 0 Å². The Kier molecular flexibility index (Phi) is 7.36. The van der Waals surface area contributed by atoms with Crippen LogP contribution in [0.15, 0.2) is 47.4 Å². The van der Waals surface area contributed by atoms with E-state index in [-0.39, 0.29) is 23.2 Å². The maximum absolute atomic E-state index is 14.0. The zero-order valence-electron chi connectivity index (χ0n) is 16.4. The summed E-state index contributed by atoms with van der Waals surface area (Å²) < 4.78 is 40.3. The van der Waals surface area contributed by atoms with Gasteiger partial charge in [0.2, 0.25) is 15.9 Å². The topological polar surface area (TPSA) is 60.9 Å². The Labute approximate surface area is 185 Å². The smallest absolute Gasteiger partial charge is 0.243 e. The molecular weight excluding hydrogens is 452 g/mol. The number of nitrogens with zero attached hydrogens (tertiary/aromatic N) is 3. The molecule has 0 bridgehead atoms. The van der Waals surface area contributed by atoms with Crippen LogP contribution < -0.4 is 0 Å². The van der Waals surface area contributed by atoms with Gasteiger partial charge in [0.25, 0.3) is 0 Å². The third kappa shape index (κ3) is 5.31. The number of carbonyl (C=O) groups is 1. The van der Waals surface area contributed by atoms with Crippen LogP contribution in [-0.4, -0.2) is 68.2 Å². The maximum Gasteiger partial charge on any atom is 0.243 e. The molecule has 0 aliphatic carbocycles. The molecule has 6 nitrogen and oxygen atoms in total. The van der Waals surface area contributed by atoms with Crippen LogP contribution in [0.3, 0.4) is 0 Å². The fourth-order valence-corrected chi connectivity index (χ4v) is 4.69. The molecule has 162 valence electrons. The van der Waals surface area contributed by atoms with Crippen molar-refractivity contribution < 1.29 is 17.6 Å². The SMILES string of the molecule is CN(CC(=O)N1CCN(Cc2c(F)cccc2Cl)CC1)S(=O)(=O)c1ccc(Cl)cc1. The highest BCUT2D eigenvalue weighted by molar-refractivity contribution is 7.89. The second-order valence-corrected chi connectivity index (χ2v) is 9.96. The quantitative estimate of drug-likeness (QED) is 0.646. The molecule has 0 atom stereocenters. The Morgan fingerprint density at radius 2 is 1.70 bits per heavy atom. The van der Waals surface area contributed by atoms with Gasteiger partial charge in [0.1, 0.15) is 5.82 Å². The van der Waals surface area contributed by atoms with Crippen molar-refractivity contribution in [1.82, 2.24) is 14.1 Å². The first-order chi connectivity index (χ1) is 14.2. The van der Waals surface area contributed by atoms with Gasteiger partial charge in [0.15, 0.2) is 0 Å². The van der Waals surface area contributed by atoms with Gasteiger partial charge < -0.3 is 4.90 Å². The lowest BCUT2D eigenvalue weighted by molar-refractivity contribution is -0.133. The van der Waals surface area contributed by atoms with Gasteiger partial charge in [-0.25, -0.2) is 12.8 Å². The monoisotopic (exact) mass is 473 g/mol. The molecule has 1 aliphatic heterocycles. The summed E-state index contributed by atoms with van der Waals surface area (Å²) in [5, 5.41) is 0.810. The van der Waals surface area contributed by atoms with E-state index in [2.05, 4.69) is 0 Å². The van der Waals surface area contributed by atoms with Crippen LogP contribution in [-0.2, 0) is 21.4 Å². The summed E-state index contributed by atoms with van der Waals surface area (Å²) in [4.78, 5) is 16.3. The van der Waals surface area contributed by atoms with Crippen molar-refractivity contribution in [2.24, 2.45) is 0 Å². The van der Waals surface area contributed by atoms with E-state index >= 15 is 0 Å². The number of hydrogen-bond acceptors (Lipinski definition) is 4. The molecule has 10 heteroatoms. The molecule has 1 aliphatic rings. The number of amides is 1. The minimum atomic E-state index is -3.79. The van der Waals surface area contributed by atoms with Crippen molar-refractivity contribution in [2.45, 2.75) is 11.4 Å². The maximum atomic E-state index is 14.0. The predicted molar refractivity (Wildman–Crippen MR) is 115 cm³/mol. The largest absolute Gasteiger partial charge is 0.339 e. The Balaban J connectivity index is 1.55. The number of halogens is 3. The average Bonchev–Trinajstić information content (AvgIpc) is 2.71. The van der Waals surface area contributed by atoms with Crippen LogP contribution in [0.4, 0.5) is 4.39 Å². The standard InChI is InChI=1S/C20H22Cl2FN3O3S/c1-24(30(28,29)16-7-5-15(21)6-8-16)14-20(27)26-11-9-25(10-12-26)13-17-18(22)3-2-4-19(17)23/h2-8H,9-14H2,1H3. The molecule has 1 fully saturated rings. The normalized spacial score (nSPS) is 15.6. The number of benzene rings is 2. The van der Waals surface area contributed by atoms with Gasteiger partial charge in [-0.3, -0.25) is 9.69 Å². The van der Waals surface area contributed by atoms with E-state index in [1.54, 1.807) is 17.0 Å².